The van der Waals surface area contributed by atoms with Crippen LogP contribution in [0, 0.1) is 0 Å². The molecule has 1 aliphatic carbocycles. The number of nitrogens with one attached hydrogen (secondary N) is 1. The lowest BCUT2D eigenvalue weighted by molar-refractivity contribution is 0.0236. The molecule has 2 heterocycles. The van der Waals surface area contributed by atoms with Gasteiger partial charge in [-0.2, -0.15) is 0 Å². The quantitative estimate of drug-likeness (QED) is 0.874. The number of hydrogen-bond acceptors (Lipinski definition) is 4. The van der Waals surface area contributed by atoms with Crippen molar-refractivity contribution in [2.45, 2.75) is 64.1 Å². The summed E-state index contributed by atoms with van der Waals surface area (Å²) < 4.78 is 11.5. The van der Waals surface area contributed by atoms with Crippen molar-refractivity contribution in [1.82, 2.24) is 10.3 Å². The smallest absolute Gasteiger partial charge is 0.214 e. The average Bonchev–Trinajstić information content (AvgIpc) is 3.30. The second-order valence-electron chi connectivity index (χ2n) is 6.48. The lowest BCUT2D eigenvalue weighted by Gasteiger charge is -2.23. The second kappa shape index (κ2) is 6.75. The Morgan fingerprint density at radius 3 is 2.67 bits per heavy atom. The Kier molecular flexibility index (Phi) is 4.76. The summed E-state index contributed by atoms with van der Waals surface area (Å²) in [7, 11) is 0. The van der Waals surface area contributed by atoms with Gasteiger partial charge in [-0.3, -0.25) is 0 Å². The Labute approximate surface area is 127 Å². The molecule has 4 heteroatoms. The fourth-order valence-corrected chi connectivity index (χ4v) is 2.55. The van der Waals surface area contributed by atoms with Crippen LogP contribution in [0.1, 0.15) is 56.7 Å². The maximum absolute atomic E-state index is 6.09. The normalized spacial score (nSPS) is 20.0. The van der Waals surface area contributed by atoms with Crippen molar-refractivity contribution in [3.05, 3.63) is 23.4 Å². The summed E-state index contributed by atoms with van der Waals surface area (Å²) >= 11 is 0. The van der Waals surface area contributed by atoms with Crippen molar-refractivity contribution in [1.29, 1.82) is 0 Å². The van der Waals surface area contributed by atoms with Crippen molar-refractivity contribution in [2.24, 2.45) is 0 Å². The summed E-state index contributed by atoms with van der Waals surface area (Å²) in [5.41, 5.74) is 2.40. The van der Waals surface area contributed by atoms with E-state index in [4.69, 9.17) is 9.47 Å². The van der Waals surface area contributed by atoms with Crippen LogP contribution in [0.3, 0.4) is 0 Å². The van der Waals surface area contributed by atoms with E-state index in [0.717, 1.165) is 50.2 Å². The molecular weight excluding hydrogens is 264 g/mol. The van der Waals surface area contributed by atoms with Gasteiger partial charge in [-0.15, -0.1) is 0 Å². The third kappa shape index (κ3) is 4.42. The minimum absolute atomic E-state index is 0.248. The predicted octanol–water partition coefficient (Wildman–Crippen LogP) is 3.01. The molecule has 1 aromatic heterocycles. The molecule has 2 aliphatic rings. The Bertz CT molecular complexity index is 466. The highest BCUT2D eigenvalue weighted by Crippen LogP contribution is 2.24. The highest BCUT2D eigenvalue weighted by Gasteiger charge is 2.21. The number of rotatable bonds is 6. The monoisotopic (exact) mass is 290 g/mol. The summed E-state index contributed by atoms with van der Waals surface area (Å²) in [5, 5.41) is 3.57. The van der Waals surface area contributed by atoms with E-state index in [1.165, 1.54) is 18.4 Å². The van der Waals surface area contributed by atoms with Crippen LogP contribution in [0.5, 0.6) is 5.88 Å². The first kappa shape index (κ1) is 14.8. The first-order valence-electron chi connectivity index (χ1n) is 8.19. The molecule has 0 atom stereocenters. The van der Waals surface area contributed by atoms with E-state index in [9.17, 15) is 0 Å². The third-order valence-electron chi connectivity index (χ3n) is 4.10. The van der Waals surface area contributed by atoms with E-state index < -0.39 is 0 Å². The molecule has 116 valence electrons. The molecule has 0 spiro atoms. The number of pyridine rings is 1. The van der Waals surface area contributed by atoms with E-state index in [2.05, 4.69) is 36.3 Å². The van der Waals surface area contributed by atoms with Gasteiger partial charge >= 0.3 is 0 Å². The number of aromatic nitrogens is 1. The maximum atomic E-state index is 6.09. The van der Waals surface area contributed by atoms with E-state index in [1.807, 2.05) is 0 Å². The fraction of sp³-hybridized carbons (Fsp3) is 0.706. The predicted molar refractivity (Wildman–Crippen MR) is 82.7 cm³/mol. The second-order valence-corrected chi connectivity index (χ2v) is 6.48. The highest BCUT2D eigenvalue weighted by atomic mass is 16.5. The van der Waals surface area contributed by atoms with Crippen LogP contribution in [-0.4, -0.2) is 30.3 Å². The lowest BCUT2D eigenvalue weighted by Crippen LogP contribution is -2.26. The minimum Gasteiger partial charge on any atom is -0.474 e. The van der Waals surface area contributed by atoms with Crippen molar-refractivity contribution < 1.29 is 9.47 Å². The number of ether oxygens (including phenoxy) is 2. The fourth-order valence-electron chi connectivity index (χ4n) is 2.55. The molecule has 0 bridgehead atoms. The number of nitrogens with zero attached hydrogens (tertiary/aromatic N) is 1. The molecule has 1 N–H and O–H groups in total. The molecule has 0 amide bonds. The largest absolute Gasteiger partial charge is 0.474 e. The SMILES string of the molecule is CC(C)c1cc(CNC2CC2)cc(OC2CCOCC2)n1. The Morgan fingerprint density at radius 2 is 2.00 bits per heavy atom. The van der Waals surface area contributed by atoms with Gasteiger partial charge in [0.15, 0.2) is 0 Å². The molecule has 1 aromatic rings. The van der Waals surface area contributed by atoms with Crippen LogP contribution in [-0.2, 0) is 11.3 Å². The molecule has 0 aromatic carbocycles. The van der Waals surface area contributed by atoms with Crippen molar-refractivity contribution in [2.75, 3.05) is 13.2 Å². The van der Waals surface area contributed by atoms with Crippen LogP contribution in [0.4, 0.5) is 0 Å². The van der Waals surface area contributed by atoms with Crippen LogP contribution < -0.4 is 10.1 Å². The molecule has 2 fully saturated rings. The number of hydrogen-bond donors (Lipinski definition) is 1. The molecule has 0 radical (unpaired) electrons. The van der Waals surface area contributed by atoms with Crippen LogP contribution in [0.2, 0.25) is 0 Å². The molecule has 0 unspecified atom stereocenters. The molecule has 4 nitrogen and oxygen atoms in total. The molecule has 1 saturated heterocycles. The zero-order valence-corrected chi connectivity index (χ0v) is 13.1. The van der Waals surface area contributed by atoms with E-state index in [-0.39, 0.29) is 6.10 Å². The third-order valence-corrected chi connectivity index (χ3v) is 4.10. The molecule has 3 rings (SSSR count). The zero-order chi connectivity index (χ0) is 14.7. The highest BCUT2D eigenvalue weighted by molar-refractivity contribution is 5.27. The minimum atomic E-state index is 0.248. The molecule has 1 saturated carbocycles. The van der Waals surface area contributed by atoms with Crippen molar-refractivity contribution >= 4 is 0 Å². The van der Waals surface area contributed by atoms with Gasteiger partial charge in [-0.25, -0.2) is 4.98 Å². The Balaban J connectivity index is 1.70. The maximum Gasteiger partial charge on any atom is 0.214 e. The van der Waals surface area contributed by atoms with Crippen LogP contribution in [0.15, 0.2) is 12.1 Å². The topological polar surface area (TPSA) is 43.4 Å². The standard InChI is InChI=1S/C17H26N2O2/c1-12(2)16-9-13(11-18-14-3-4-14)10-17(19-16)21-15-5-7-20-8-6-15/h9-10,12,14-15,18H,3-8,11H2,1-2H3. The lowest BCUT2D eigenvalue weighted by atomic mass is 10.1. The summed E-state index contributed by atoms with van der Waals surface area (Å²) in [5.74, 6) is 1.20. The molecular formula is C17H26N2O2. The Hall–Kier alpha value is -1.13. The first-order chi connectivity index (χ1) is 10.2. The van der Waals surface area contributed by atoms with E-state index in [0.29, 0.717) is 5.92 Å². The van der Waals surface area contributed by atoms with Gasteiger partial charge in [0.25, 0.3) is 0 Å². The van der Waals surface area contributed by atoms with Crippen molar-refractivity contribution in [3.63, 3.8) is 0 Å². The van der Waals surface area contributed by atoms with Gasteiger partial charge in [0.2, 0.25) is 5.88 Å². The molecule has 1 aliphatic heterocycles. The van der Waals surface area contributed by atoms with Crippen LogP contribution in [0.25, 0.3) is 0 Å². The van der Waals surface area contributed by atoms with E-state index in [1.54, 1.807) is 0 Å². The summed E-state index contributed by atoms with van der Waals surface area (Å²) in [6.07, 6.45) is 4.80. The Morgan fingerprint density at radius 1 is 1.24 bits per heavy atom. The average molecular weight is 290 g/mol. The summed E-state index contributed by atoms with van der Waals surface area (Å²) in [6, 6.07) is 5.02. The van der Waals surface area contributed by atoms with E-state index >= 15 is 0 Å². The van der Waals surface area contributed by atoms with Gasteiger partial charge in [0.05, 0.1) is 13.2 Å². The van der Waals surface area contributed by atoms with Crippen molar-refractivity contribution in [3.8, 4) is 5.88 Å². The first-order valence-corrected chi connectivity index (χ1v) is 8.19. The van der Waals surface area contributed by atoms with Gasteiger partial charge in [-0.05, 0) is 30.4 Å². The van der Waals surface area contributed by atoms with Gasteiger partial charge < -0.3 is 14.8 Å². The van der Waals surface area contributed by atoms with Gasteiger partial charge in [-0.1, -0.05) is 13.8 Å². The summed E-state index contributed by atoms with van der Waals surface area (Å²) in [4.78, 5) is 4.68. The van der Waals surface area contributed by atoms with Crippen LogP contribution >= 0.6 is 0 Å². The zero-order valence-electron chi connectivity index (χ0n) is 13.1. The summed E-state index contributed by atoms with van der Waals surface area (Å²) in [6.45, 7) is 6.86. The van der Waals surface area contributed by atoms with Gasteiger partial charge in [0.1, 0.15) is 6.10 Å². The molecule has 21 heavy (non-hydrogen) atoms. The van der Waals surface area contributed by atoms with Gasteiger partial charge in [0, 0.05) is 37.2 Å².